The zero-order valence-corrected chi connectivity index (χ0v) is 17.1. The minimum absolute atomic E-state index is 0.0362. The molecule has 29 heavy (non-hydrogen) atoms. The van der Waals surface area contributed by atoms with E-state index in [0.717, 1.165) is 11.1 Å². The highest BCUT2D eigenvalue weighted by atomic mass is 32.2. The number of ketones is 2. The summed E-state index contributed by atoms with van der Waals surface area (Å²) in [5, 5.41) is -1.48. The molecule has 0 fully saturated rings. The number of aryl methyl sites for hydroxylation is 2. The zero-order chi connectivity index (χ0) is 21.0. The summed E-state index contributed by atoms with van der Waals surface area (Å²) in [5.41, 5.74) is 2.56. The van der Waals surface area contributed by atoms with Crippen molar-refractivity contribution in [3.8, 4) is 0 Å². The molecule has 4 nitrogen and oxygen atoms in total. The third-order valence-electron chi connectivity index (χ3n) is 4.82. The van der Waals surface area contributed by atoms with E-state index in [1.54, 1.807) is 66.7 Å². The van der Waals surface area contributed by atoms with Gasteiger partial charge in [0.1, 0.15) is 5.25 Å². The van der Waals surface area contributed by atoms with Crippen LogP contribution >= 0.6 is 0 Å². The lowest BCUT2D eigenvalue weighted by molar-refractivity contribution is 0.0920. The van der Waals surface area contributed by atoms with Gasteiger partial charge in [0.15, 0.2) is 21.4 Å². The van der Waals surface area contributed by atoms with Crippen molar-refractivity contribution in [1.82, 2.24) is 0 Å². The van der Waals surface area contributed by atoms with Gasteiger partial charge < -0.3 is 0 Å². The first kappa shape index (κ1) is 20.7. The van der Waals surface area contributed by atoms with Crippen molar-refractivity contribution in [1.29, 1.82) is 0 Å². The molecule has 1 atom stereocenters. The van der Waals surface area contributed by atoms with Crippen LogP contribution in [-0.2, 0) is 9.84 Å². The van der Waals surface area contributed by atoms with Crippen LogP contribution in [0.15, 0.2) is 83.8 Å². The number of hydrogen-bond donors (Lipinski definition) is 0. The monoisotopic (exact) mass is 406 g/mol. The molecule has 0 heterocycles. The van der Waals surface area contributed by atoms with Gasteiger partial charge in [0.2, 0.25) is 0 Å². The molecule has 0 aliphatic heterocycles. The van der Waals surface area contributed by atoms with Crippen LogP contribution in [0.1, 0.15) is 38.3 Å². The fourth-order valence-electron chi connectivity index (χ4n) is 3.05. The molecule has 0 saturated heterocycles. The first-order chi connectivity index (χ1) is 13.8. The molecule has 3 aromatic rings. The maximum Gasteiger partial charge on any atom is 0.189 e. The number of sulfone groups is 1. The smallest absolute Gasteiger partial charge is 0.189 e. The Balaban J connectivity index is 2.01. The lowest BCUT2D eigenvalue weighted by atomic mass is 10.0. The van der Waals surface area contributed by atoms with Crippen molar-refractivity contribution >= 4 is 21.4 Å². The van der Waals surface area contributed by atoms with Crippen LogP contribution < -0.4 is 0 Å². The van der Waals surface area contributed by atoms with Gasteiger partial charge in [-0.05, 0) is 26.0 Å². The van der Waals surface area contributed by atoms with E-state index in [4.69, 9.17) is 0 Å². The van der Waals surface area contributed by atoms with Crippen LogP contribution in [-0.4, -0.2) is 25.2 Å². The predicted octanol–water partition coefficient (Wildman–Crippen LogP) is 4.60. The second-order valence-corrected chi connectivity index (χ2v) is 9.20. The molecule has 0 aromatic heterocycles. The number of carbonyl (C=O) groups is 2. The Hall–Kier alpha value is -3.05. The molecule has 0 amide bonds. The number of Topliss-reactive ketones (excluding diaryl/α,β-unsaturated/α-hetero) is 2. The molecule has 5 heteroatoms. The molecule has 0 spiro atoms. The predicted molar refractivity (Wildman–Crippen MR) is 113 cm³/mol. The summed E-state index contributed by atoms with van der Waals surface area (Å²) in [6, 6.07) is 21.4. The summed E-state index contributed by atoms with van der Waals surface area (Å²) in [5.74, 6) is -0.957. The molecular weight excluding hydrogens is 384 g/mol. The fourth-order valence-corrected chi connectivity index (χ4v) is 4.68. The van der Waals surface area contributed by atoms with Gasteiger partial charge in [-0.3, -0.25) is 9.59 Å². The second kappa shape index (κ2) is 8.53. The van der Waals surface area contributed by atoms with Crippen molar-refractivity contribution in [3.05, 3.63) is 101 Å². The van der Waals surface area contributed by atoms with Gasteiger partial charge in [-0.25, -0.2) is 8.42 Å². The number of rotatable bonds is 7. The van der Waals surface area contributed by atoms with E-state index in [-0.39, 0.29) is 16.2 Å². The molecule has 0 unspecified atom stereocenters. The highest BCUT2D eigenvalue weighted by molar-refractivity contribution is 7.92. The van der Waals surface area contributed by atoms with Crippen molar-refractivity contribution in [2.45, 2.75) is 30.4 Å². The number of hydrogen-bond acceptors (Lipinski definition) is 4. The molecule has 0 saturated carbocycles. The quantitative estimate of drug-likeness (QED) is 0.538. The number of benzene rings is 3. The molecule has 0 radical (unpaired) electrons. The first-order valence-electron chi connectivity index (χ1n) is 9.29. The van der Waals surface area contributed by atoms with Crippen LogP contribution in [0.2, 0.25) is 0 Å². The minimum Gasteiger partial charge on any atom is -0.294 e. The highest BCUT2D eigenvalue weighted by Gasteiger charge is 2.36. The Bertz CT molecular complexity index is 1110. The van der Waals surface area contributed by atoms with Crippen LogP contribution in [0.5, 0.6) is 0 Å². The van der Waals surface area contributed by atoms with Gasteiger partial charge in [0.25, 0.3) is 0 Å². The topological polar surface area (TPSA) is 68.3 Å². The molecular formula is C24H22O4S. The van der Waals surface area contributed by atoms with E-state index in [0.29, 0.717) is 5.56 Å². The minimum atomic E-state index is -4.05. The lowest BCUT2D eigenvalue weighted by Crippen LogP contribution is -2.33. The van der Waals surface area contributed by atoms with Crippen LogP contribution in [0.25, 0.3) is 0 Å². The third-order valence-corrected chi connectivity index (χ3v) is 6.88. The molecule has 0 aliphatic rings. The molecule has 3 aromatic carbocycles. The van der Waals surface area contributed by atoms with Gasteiger partial charge in [-0.1, -0.05) is 77.9 Å². The van der Waals surface area contributed by atoms with Gasteiger partial charge in [0, 0.05) is 17.5 Å². The normalized spacial score (nSPS) is 12.3. The molecule has 148 valence electrons. The Morgan fingerprint density at radius 1 is 0.724 bits per heavy atom. The summed E-state index contributed by atoms with van der Waals surface area (Å²) >= 11 is 0. The van der Waals surface area contributed by atoms with Crippen LogP contribution in [0, 0.1) is 13.8 Å². The van der Waals surface area contributed by atoms with E-state index in [9.17, 15) is 18.0 Å². The van der Waals surface area contributed by atoms with Gasteiger partial charge in [-0.15, -0.1) is 0 Å². The maximum atomic E-state index is 13.3. The van der Waals surface area contributed by atoms with E-state index in [1.807, 2.05) is 13.8 Å². The molecule has 0 aliphatic carbocycles. The summed E-state index contributed by atoms with van der Waals surface area (Å²) in [6.45, 7) is 3.75. The van der Waals surface area contributed by atoms with Gasteiger partial charge in [0.05, 0.1) is 4.90 Å². The van der Waals surface area contributed by atoms with Gasteiger partial charge in [-0.2, -0.15) is 0 Å². The Kier molecular flexibility index (Phi) is 6.09. The second-order valence-electron chi connectivity index (χ2n) is 7.07. The Labute approximate surface area is 171 Å². The standard InChI is InChI=1S/C24H22O4S/c1-17-8-12-19(13-9-17)22(25)16-23(24(26)20-6-4-3-5-7-20)29(27,28)21-14-10-18(2)11-15-21/h3-15,23H,16H2,1-2H3/t23-/m1/s1. The number of carbonyl (C=O) groups excluding carboxylic acids is 2. The fraction of sp³-hybridized carbons (Fsp3) is 0.167. The highest BCUT2D eigenvalue weighted by Crippen LogP contribution is 2.24. The third kappa shape index (κ3) is 4.69. The van der Waals surface area contributed by atoms with Crippen LogP contribution in [0.4, 0.5) is 0 Å². The van der Waals surface area contributed by atoms with E-state index >= 15 is 0 Å². The van der Waals surface area contributed by atoms with E-state index in [1.165, 1.54) is 12.1 Å². The average Bonchev–Trinajstić information content (AvgIpc) is 2.72. The largest absolute Gasteiger partial charge is 0.294 e. The van der Waals surface area contributed by atoms with Crippen molar-refractivity contribution in [2.75, 3.05) is 0 Å². The summed E-state index contributed by atoms with van der Waals surface area (Å²) < 4.78 is 26.6. The zero-order valence-electron chi connectivity index (χ0n) is 16.3. The maximum absolute atomic E-state index is 13.3. The first-order valence-corrected chi connectivity index (χ1v) is 10.8. The van der Waals surface area contributed by atoms with Gasteiger partial charge >= 0.3 is 0 Å². The molecule has 0 N–H and O–H groups in total. The molecule has 0 bridgehead atoms. The lowest BCUT2D eigenvalue weighted by Gasteiger charge is -2.17. The Morgan fingerprint density at radius 3 is 1.79 bits per heavy atom. The average molecular weight is 407 g/mol. The molecule has 3 rings (SSSR count). The van der Waals surface area contributed by atoms with E-state index < -0.39 is 27.3 Å². The van der Waals surface area contributed by atoms with Crippen molar-refractivity contribution in [3.63, 3.8) is 0 Å². The SMILES string of the molecule is Cc1ccc(C(=O)C[C@H](C(=O)c2ccccc2)S(=O)(=O)c2ccc(C)cc2)cc1. The summed E-state index contributed by atoms with van der Waals surface area (Å²) in [4.78, 5) is 26.0. The van der Waals surface area contributed by atoms with E-state index in [2.05, 4.69) is 0 Å². The Morgan fingerprint density at radius 2 is 1.24 bits per heavy atom. The summed E-state index contributed by atoms with van der Waals surface area (Å²) in [7, 11) is -4.05. The summed E-state index contributed by atoms with van der Waals surface area (Å²) in [6.07, 6.45) is -0.410. The van der Waals surface area contributed by atoms with Crippen molar-refractivity contribution in [2.24, 2.45) is 0 Å². The van der Waals surface area contributed by atoms with Crippen molar-refractivity contribution < 1.29 is 18.0 Å². The van der Waals surface area contributed by atoms with Crippen LogP contribution in [0.3, 0.4) is 0 Å².